The number of rotatable bonds is 11. The maximum absolute atomic E-state index is 10.0. The molecule has 3 N–H and O–H groups in total. The molecule has 8 heteroatoms. The minimum atomic E-state index is -0.535. The zero-order valence-electron chi connectivity index (χ0n) is 13.1. The van der Waals surface area contributed by atoms with E-state index in [-0.39, 0.29) is 6.10 Å². The van der Waals surface area contributed by atoms with Gasteiger partial charge in [-0.3, -0.25) is 0 Å². The molecule has 0 fully saturated rings. The van der Waals surface area contributed by atoms with Gasteiger partial charge in [-0.1, -0.05) is 44.9 Å². The molecule has 1 aromatic rings. The minimum Gasteiger partial charge on any atom is -0.390 e. The number of H-pyrrole nitrogens is 2. The average Bonchev–Trinajstić information content (AvgIpc) is 2.47. The summed E-state index contributed by atoms with van der Waals surface area (Å²) in [6, 6.07) is 0. The van der Waals surface area contributed by atoms with Gasteiger partial charge in [0.2, 0.25) is 4.77 Å². The lowest BCUT2D eigenvalue weighted by Gasteiger charge is -2.18. The number of hydrogen-bond acceptors (Lipinski definition) is 6. The monoisotopic (exact) mass is 363 g/mol. The highest BCUT2D eigenvalue weighted by atomic mass is 32.2. The Bertz CT molecular complexity index is 504. The van der Waals surface area contributed by atoms with Gasteiger partial charge in [-0.15, -0.1) is 0 Å². The second-order valence-electron chi connectivity index (χ2n) is 5.13. The molecule has 1 heterocycles. The molecular formula is C14H25N3O2S3. The molecule has 0 aliphatic carbocycles. The number of thioether (sulfide) groups is 1. The van der Waals surface area contributed by atoms with Crippen LogP contribution in [0.1, 0.15) is 46.0 Å². The Morgan fingerprint density at radius 2 is 2.05 bits per heavy atom. The minimum absolute atomic E-state index is 0.237. The fraction of sp³-hybridized carbons (Fsp3) is 0.786. The zero-order valence-corrected chi connectivity index (χ0v) is 15.6. The molecule has 0 amide bonds. The van der Waals surface area contributed by atoms with E-state index in [0.717, 1.165) is 12.8 Å². The topological polar surface area (TPSA) is 73.9 Å². The summed E-state index contributed by atoms with van der Waals surface area (Å²) in [6.45, 7) is 4.66. The molecule has 0 aliphatic heterocycles. The number of nitrogens with zero attached hydrogens (tertiary/aromatic N) is 1. The molecule has 0 aromatic carbocycles. The molecule has 0 radical (unpaired) electrons. The van der Waals surface area contributed by atoms with Gasteiger partial charge in [0.1, 0.15) is 0 Å². The molecule has 126 valence electrons. The van der Waals surface area contributed by atoms with E-state index >= 15 is 0 Å². The highest BCUT2D eigenvalue weighted by Gasteiger charge is 2.11. The number of aliphatic hydroxyl groups excluding tert-OH is 1. The Morgan fingerprint density at radius 3 is 2.68 bits per heavy atom. The lowest BCUT2D eigenvalue weighted by molar-refractivity contribution is -0.00710. The average molecular weight is 364 g/mol. The molecule has 1 aromatic heterocycles. The van der Waals surface area contributed by atoms with Crippen molar-refractivity contribution in [3.63, 3.8) is 0 Å². The fourth-order valence-electron chi connectivity index (χ4n) is 1.94. The van der Waals surface area contributed by atoms with Gasteiger partial charge in [0.15, 0.2) is 9.93 Å². The standard InChI is InChI=1S/C14H25N3O2S3/c1-3-5-6-7-11(4-2)19-8-10(18)9-22-14-16-12(20)15-13(21)17-14/h10-11,18H,3-9H2,1-2H3,(H2,15,16,17,20,21). The fourth-order valence-corrected chi connectivity index (χ4v) is 3.29. The molecule has 2 unspecified atom stereocenters. The van der Waals surface area contributed by atoms with Gasteiger partial charge < -0.3 is 19.8 Å². The Labute approximate surface area is 146 Å². The second-order valence-corrected chi connectivity index (χ2v) is 6.93. The molecule has 0 aliphatic rings. The third-order valence-corrected chi connectivity index (χ3v) is 4.58. The van der Waals surface area contributed by atoms with Crippen LogP contribution in [0.3, 0.4) is 0 Å². The molecule has 0 spiro atoms. The Kier molecular flexibility index (Phi) is 10.1. The van der Waals surface area contributed by atoms with Gasteiger partial charge in [0.05, 0.1) is 18.8 Å². The predicted molar refractivity (Wildman–Crippen MR) is 95.5 cm³/mol. The number of hydrogen-bond donors (Lipinski definition) is 3. The predicted octanol–water partition coefficient (Wildman–Crippen LogP) is 4.03. The Morgan fingerprint density at radius 1 is 1.27 bits per heavy atom. The van der Waals surface area contributed by atoms with E-state index in [1.807, 2.05) is 0 Å². The summed E-state index contributed by atoms with van der Waals surface area (Å²) >= 11 is 11.4. The summed E-state index contributed by atoms with van der Waals surface area (Å²) in [5, 5.41) is 10.6. The maximum atomic E-state index is 10.0. The van der Waals surface area contributed by atoms with Gasteiger partial charge in [-0.05, 0) is 37.3 Å². The zero-order chi connectivity index (χ0) is 16.4. The van der Waals surface area contributed by atoms with Crippen LogP contribution in [0.4, 0.5) is 0 Å². The first-order chi connectivity index (χ1) is 10.5. The molecule has 1 rings (SSSR count). The summed E-state index contributed by atoms with van der Waals surface area (Å²) in [5.41, 5.74) is 0. The van der Waals surface area contributed by atoms with E-state index in [1.165, 1.54) is 31.0 Å². The third kappa shape index (κ3) is 8.38. The second kappa shape index (κ2) is 11.3. The van der Waals surface area contributed by atoms with Crippen LogP contribution >= 0.6 is 36.2 Å². The van der Waals surface area contributed by atoms with Crippen molar-refractivity contribution in [2.24, 2.45) is 0 Å². The molecular weight excluding hydrogens is 338 g/mol. The highest BCUT2D eigenvalue weighted by molar-refractivity contribution is 7.99. The van der Waals surface area contributed by atoms with Gasteiger partial charge >= 0.3 is 0 Å². The van der Waals surface area contributed by atoms with Crippen molar-refractivity contribution in [2.75, 3.05) is 12.4 Å². The van der Waals surface area contributed by atoms with E-state index in [4.69, 9.17) is 29.2 Å². The lowest BCUT2D eigenvalue weighted by Crippen LogP contribution is -2.23. The summed E-state index contributed by atoms with van der Waals surface area (Å²) in [4.78, 5) is 9.75. The van der Waals surface area contributed by atoms with Crippen molar-refractivity contribution in [3.8, 4) is 0 Å². The van der Waals surface area contributed by atoms with Gasteiger partial charge in [-0.25, -0.2) is 0 Å². The van der Waals surface area contributed by atoms with Crippen LogP contribution in [0, 0.1) is 9.54 Å². The summed E-state index contributed by atoms with van der Waals surface area (Å²) in [7, 11) is 0. The summed E-state index contributed by atoms with van der Waals surface area (Å²) in [6.07, 6.45) is 5.37. The van der Waals surface area contributed by atoms with Crippen LogP contribution in [0.25, 0.3) is 0 Å². The maximum Gasteiger partial charge on any atom is 0.201 e. The Balaban J connectivity index is 2.31. The number of aromatic nitrogens is 3. The van der Waals surface area contributed by atoms with E-state index in [9.17, 15) is 5.11 Å². The third-order valence-electron chi connectivity index (χ3n) is 3.17. The largest absolute Gasteiger partial charge is 0.390 e. The van der Waals surface area contributed by atoms with Crippen molar-refractivity contribution in [1.29, 1.82) is 0 Å². The van der Waals surface area contributed by atoms with Crippen molar-refractivity contribution in [3.05, 3.63) is 9.54 Å². The van der Waals surface area contributed by atoms with Gasteiger partial charge in [0.25, 0.3) is 0 Å². The molecule has 0 saturated heterocycles. The number of unbranched alkanes of at least 4 members (excludes halogenated alkanes) is 2. The lowest BCUT2D eigenvalue weighted by atomic mass is 10.1. The van der Waals surface area contributed by atoms with Crippen LogP contribution in [-0.4, -0.2) is 44.6 Å². The Hall–Kier alpha value is -0.280. The van der Waals surface area contributed by atoms with Crippen LogP contribution in [0.15, 0.2) is 5.16 Å². The summed E-state index contributed by atoms with van der Waals surface area (Å²) in [5.74, 6) is 0.489. The van der Waals surface area contributed by atoms with Crippen LogP contribution < -0.4 is 0 Å². The number of nitrogens with one attached hydrogen (secondary N) is 2. The van der Waals surface area contributed by atoms with Crippen molar-refractivity contribution >= 4 is 36.2 Å². The number of aliphatic hydroxyl groups is 1. The number of ether oxygens (including phenoxy) is 1. The van der Waals surface area contributed by atoms with Gasteiger partial charge in [-0.2, -0.15) is 4.98 Å². The quantitative estimate of drug-likeness (QED) is 0.313. The van der Waals surface area contributed by atoms with Crippen molar-refractivity contribution in [2.45, 2.75) is 63.3 Å². The molecule has 5 nitrogen and oxygen atoms in total. The van der Waals surface area contributed by atoms with Gasteiger partial charge in [0, 0.05) is 5.75 Å². The highest BCUT2D eigenvalue weighted by Crippen LogP contribution is 2.15. The van der Waals surface area contributed by atoms with Crippen LogP contribution in [0.2, 0.25) is 0 Å². The number of aromatic amines is 2. The normalized spacial score (nSPS) is 14.0. The molecule has 0 bridgehead atoms. The van der Waals surface area contributed by atoms with E-state index in [1.54, 1.807) is 0 Å². The first-order valence-corrected chi connectivity index (χ1v) is 9.48. The molecule has 2 atom stereocenters. The first kappa shape index (κ1) is 19.8. The first-order valence-electron chi connectivity index (χ1n) is 7.68. The smallest absolute Gasteiger partial charge is 0.201 e. The molecule has 0 saturated carbocycles. The van der Waals surface area contributed by atoms with E-state index < -0.39 is 6.10 Å². The van der Waals surface area contributed by atoms with Crippen LogP contribution in [0.5, 0.6) is 0 Å². The van der Waals surface area contributed by atoms with Crippen LogP contribution in [-0.2, 0) is 4.74 Å². The van der Waals surface area contributed by atoms with E-state index in [0.29, 0.717) is 27.1 Å². The van der Waals surface area contributed by atoms with Crippen molar-refractivity contribution in [1.82, 2.24) is 15.0 Å². The summed E-state index contributed by atoms with van der Waals surface area (Å²) < 4.78 is 6.58. The van der Waals surface area contributed by atoms with Crippen molar-refractivity contribution < 1.29 is 9.84 Å². The molecule has 22 heavy (non-hydrogen) atoms. The van der Waals surface area contributed by atoms with E-state index in [2.05, 4.69) is 28.8 Å². The SMILES string of the molecule is CCCCCC(CC)OCC(O)CSc1nc(=S)[nH]c(=S)[nH]1.